The highest BCUT2D eigenvalue weighted by Gasteiger charge is 2.08. The van der Waals surface area contributed by atoms with E-state index in [0.29, 0.717) is 0 Å². The Morgan fingerprint density at radius 1 is 1.64 bits per heavy atom. The van der Waals surface area contributed by atoms with E-state index < -0.39 is 0 Å². The molecular formula is C10H15BrN2O. The summed E-state index contributed by atoms with van der Waals surface area (Å²) in [4.78, 5) is 4.31. The van der Waals surface area contributed by atoms with Gasteiger partial charge >= 0.3 is 0 Å². The van der Waals surface area contributed by atoms with Crippen LogP contribution in [0.15, 0.2) is 16.7 Å². The number of nitrogens with one attached hydrogen (secondary N) is 1. The smallest absolute Gasteiger partial charge is 0.151 e. The summed E-state index contributed by atoms with van der Waals surface area (Å²) >= 11 is 3.43. The third-order valence-corrected chi connectivity index (χ3v) is 2.63. The molecule has 0 aromatic carbocycles. The molecule has 0 aliphatic rings. The quantitative estimate of drug-likeness (QED) is 0.902. The zero-order chi connectivity index (χ0) is 10.6. The van der Waals surface area contributed by atoms with Crippen molar-refractivity contribution in [2.24, 2.45) is 0 Å². The molecule has 1 N–H and O–H groups in total. The van der Waals surface area contributed by atoms with Gasteiger partial charge in [-0.25, -0.2) is 0 Å². The van der Waals surface area contributed by atoms with Crippen molar-refractivity contribution in [3.8, 4) is 5.75 Å². The molecule has 0 fully saturated rings. The van der Waals surface area contributed by atoms with Crippen molar-refractivity contribution in [1.82, 2.24) is 10.3 Å². The van der Waals surface area contributed by atoms with E-state index in [-0.39, 0.29) is 6.04 Å². The predicted molar refractivity (Wildman–Crippen MR) is 60.6 cm³/mol. The van der Waals surface area contributed by atoms with Crippen LogP contribution < -0.4 is 10.1 Å². The second-order valence-corrected chi connectivity index (χ2v) is 3.88. The first kappa shape index (κ1) is 11.5. The van der Waals surface area contributed by atoms with Gasteiger partial charge in [0.2, 0.25) is 0 Å². The van der Waals surface area contributed by atoms with E-state index in [1.807, 2.05) is 6.07 Å². The second kappa shape index (κ2) is 5.32. The Morgan fingerprint density at radius 3 is 2.86 bits per heavy atom. The number of hydrogen-bond acceptors (Lipinski definition) is 3. The first-order chi connectivity index (χ1) is 6.69. The molecule has 1 atom stereocenters. The summed E-state index contributed by atoms with van der Waals surface area (Å²) < 4.78 is 6.05. The summed E-state index contributed by atoms with van der Waals surface area (Å²) in [7, 11) is 1.63. The van der Waals surface area contributed by atoms with E-state index in [1.54, 1.807) is 13.3 Å². The summed E-state index contributed by atoms with van der Waals surface area (Å²) in [5.74, 6) is 0.762. The predicted octanol–water partition coefficient (Wildman–Crippen LogP) is 2.52. The molecule has 1 aromatic heterocycles. The Bertz CT molecular complexity index is 304. The average molecular weight is 259 g/mol. The van der Waals surface area contributed by atoms with E-state index in [9.17, 15) is 0 Å². The third kappa shape index (κ3) is 2.69. The Labute approximate surface area is 93.0 Å². The van der Waals surface area contributed by atoms with E-state index in [0.717, 1.165) is 22.5 Å². The Hall–Kier alpha value is -0.610. The first-order valence-electron chi connectivity index (χ1n) is 4.61. The minimum Gasteiger partial charge on any atom is -0.494 e. The fourth-order valence-electron chi connectivity index (χ4n) is 1.23. The second-order valence-electron chi connectivity index (χ2n) is 3.02. The molecule has 78 valence electrons. The van der Waals surface area contributed by atoms with Gasteiger partial charge in [0.15, 0.2) is 5.75 Å². The molecule has 0 radical (unpaired) electrons. The summed E-state index contributed by atoms with van der Waals surface area (Å²) in [5.41, 5.74) is 1.01. The molecule has 0 spiro atoms. The van der Waals surface area contributed by atoms with Crippen LogP contribution in [0.5, 0.6) is 5.75 Å². The van der Waals surface area contributed by atoms with E-state index >= 15 is 0 Å². The molecule has 0 bridgehead atoms. The highest BCUT2D eigenvalue weighted by Crippen LogP contribution is 2.25. The van der Waals surface area contributed by atoms with Gasteiger partial charge in [0.1, 0.15) is 0 Å². The molecule has 1 heterocycles. The summed E-state index contributed by atoms with van der Waals surface area (Å²) in [6.07, 6.45) is 1.73. The van der Waals surface area contributed by atoms with Gasteiger partial charge in [0, 0.05) is 6.04 Å². The lowest BCUT2D eigenvalue weighted by Crippen LogP contribution is -2.18. The number of rotatable bonds is 4. The fraction of sp³-hybridized carbons (Fsp3) is 0.500. The monoisotopic (exact) mass is 258 g/mol. The molecular weight excluding hydrogens is 244 g/mol. The maximum absolute atomic E-state index is 5.11. The van der Waals surface area contributed by atoms with Crippen LogP contribution in [0.2, 0.25) is 0 Å². The Kier molecular flexibility index (Phi) is 4.35. The topological polar surface area (TPSA) is 34.1 Å². The Balaban J connectivity index is 2.85. The van der Waals surface area contributed by atoms with Gasteiger partial charge in [-0.05, 0) is 35.5 Å². The molecule has 14 heavy (non-hydrogen) atoms. The third-order valence-electron chi connectivity index (χ3n) is 2.01. The molecule has 0 amide bonds. The number of methoxy groups -OCH3 is 1. The largest absolute Gasteiger partial charge is 0.494 e. The van der Waals surface area contributed by atoms with Crippen molar-refractivity contribution in [3.05, 3.63) is 22.4 Å². The maximum atomic E-state index is 5.11. The average Bonchev–Trinajstić information content (AvgIpc) is 2.18. The zero-order valence-corrected chi connectivity index (χ0v) is 10.3. The number of aromatic nitrogens is 1. The molecule has 4 heteroatoms. The standard InChI is InChI=1S/C10H15BrN2O/c1-4-12-7(2)9-5-8(11)10(14-3)6-13-9/h5-7,12H,4H2,1-3H3/t7-/m1/s1. The lowest BCUT2D eigenvalue weighted by atomic mass is 10.2. The number of nitrogens with zero attached hydrogens (tertiary/aromatic N) is 1. The number of halogens is 1. The summed E-state index contributed by atoms with van der Waals surface area (Å²) in [6.45, 7) is 5.10. The van der Waals surface area contributed by atoms with Gasteiger partial charge in [0.25, 0.3) is 0 Å². The van der Waals surface area contributed by atoms with Crippen LogP contribution in [-0.4, -0.2) is 18.6 Å². The van der Waals surface area contributed by atoms with Gasteiger partial charge < -0.3 is 10.1 Å². The molecule has 0 saturated carbocycles. The van der Waals surface area contributed by atoms with Crippen molar-refractivity contribution in [2.75, 3.05) is 13.7 Å². The normalized spacial score (nSPS) is 12.6. The zero-order valence-electron chi connectivity index (χ0n) is 8.67. The van der Waals surface area contributed by atoms with Gasteiger partial charge in [-0.15, -0.1) is 0 Å². The highest BCUT2D eigenvalue weighted by atomic mass is 79.9. The van der Waals surface area contributed by atoms with Gasteiger partial charge in [0.05, 0.1) is 23.5 Å². The molecule has 1 aromatic rings. The van der Waals surface area contributed by atoms with Crippen LogP contribution in [0, 0.1) is 0 Å². The maximum Gasteiger partial charge on any atom is 0.151 e. The fourth-order valence-corrected chi connectivity index (χ4v) is 1.73. The van der Waals surface area contributed by atoms with Crippen LogP contribution in [0.1, 0.15) is 25.6 Å². The summed E-state index contributed by atoms with van der Waals surface area (Å²) in [6, 6.07) is 2.24. The van der Waals surface area contributed by atoms with E-state index in [4.69, 9.17) is 4.74 Å². The Morgan fingerprint density at radius 2 is 2.36 bits per heavy atom. The van der Waals surface area contributed by atoms with Crippen molar-refractivity contribution in [2.45, 2.75) is 19.9 Å². The number of hydrogen-bond donors (Lipinski definition) is 1. The van der Waals surface area contributed by atoms with Crippen LogP contribution in [0.4, 0.5) is 0 Å². The van der Waals surface area contributed by atoms with Crippen LogP contribution >= 0.6 is 15.9 Å². The lowest BCUT2D eigenvalue weighted by Gasteiger charge is -2.12. The van der Waals surface area contributed by atoms with E-state index in [2.05, 4.69) is 40.1 Å². The van der Waals surface area contributed by atoms with Gasteiger partial charge in [-0.2, -0.15) is 0 Å². The first-order valence-corrected chi connectivity index (χ1v) is 5.41. The molecule has 0 saturated heterocycles. The van der Waals surface area contributed by atoms with E-state index in [1.165, 1.54) is 0 Å². The molecule has 1 rings (SSSR count). The number of pyridine rings is 1. The highest BCUT2D eigenvalue weighted by molar-refractivity contribution is 9.10. The van der Waals surface area contributed by atoms with Crippen molar-refractivity contribution < 1.29 is 4.74 Å². The van der Waals surface area contributed by atoms with Crippen molar-refractivity contribution >= 4 is 15.9 Å². The van der Waals surface area contributed by atoms with Gasteiger partial charge in [-0.1, -0.05) is 6.92 Å². The molecule has 3 nitrogen and oxygen atoms in total. The number of ether oxygens (including phenoxy) is 1. The lowest BCUT2D eigenvalue weighted by molar-refractivity contribution is 0.409. The van der Waals surface area contributed by atoms with Gasteiger partial charge in [-0.3, -0.25) is 4.98 Å². The van der Waals surface area contributed by atoms with Crippen LogP contribution in [0.3, 0.4) is 0 Å². The molecule has 0 aliphatic heterocycles. The van der Waals surface area contributed by atoms with Crippen LogP contribution in [-0.2, 0) is 0 Å². The summed E-state index contributed by atoms with van der Waals surface area (Å²) in [5, 5.41) is 3.30. The molecule has 0 aliphatic carbocycles. The van der Waals surface area contributed by atoms with Crippen LogP contribution in [0.25, 0.3) is 0 Å². The van der Waals surface area contributed by atoms with Crippen molar-refractivity contribution in [1.29, 1.82) is 0 Å². The SMILES string of the molecule is CCN[C@H](C)c1cc(Br)c(OC)cn1. The minimum absolute atomic E-state index is 0.266. The minimum atomic E-state index is 0.266. The molecule has 0 unspecified atom stereocenters. The van der Waals surface area contributed by atoms with Crippen molar-refractivity contribution in [3.63, 3.8) is 0 Å².